The first-order valence-corrected chi connectivity index (χ1v) is 24.8. The Labute approximate surface area is 416 Å². The lowest BCUT2D eigenvalue weighted by molar-refractivity contribution is 0.669. The summed E-state index contributed by atoms with van der Waals surface area (Å²) >= 11 is 0. The van der Waals surface area contributed by atoms with Crippen molar-refractivity contribution in [2.24, 2.45) is 0 Å². The molecule has 6 heteroatoms. The van der Waals surface area contributed by atoms with Crippen LogP contribution in [-0.2, 0) is 0 Å². The molecule has 5 aromatic heterocycles. The minimum Gasteiger partial charge on any atom is -0.456 e. The van der Waals surface area contributed by atoms with Gasteiger partial charge in [-0.05, 0) is 158 Å². The van der Waals surface area contributed by atoms with E-state index in [0.717, 1.165) is 111 Å². The highest BCUT2D eigenvalue weighted by Crippen LogP contribution is 2.45. The standard InChI is InChI=1S/C66H49N5O/c1-37-27-39(3)62(40(4)28-37)44-25-26-67-61(34-44)71-56-32-43(23-24-48(56)53-35-54-49-18-11-13-22-59(49)72-60(54)36-57(53)71)52-31-45(63-41(5)29-38(2)30-42(63)6)33-58-65(52)69-66(70(58)46-15-8-7-9-16-46)51-20-14-19-50-47-17-10-12-21-55(47)68-64(50)51/h7-36,68H,1-6H3. The Hall–Kier alpha value is -9.00. The summed E-state index contributed by atoms with van der Waals surface area (Å²) in [5, 5.41) is 6.83. The van der Waals surface area contributed by atoms with E-state index < -0.39 is 0 Å². The number of rotatable bonds is 6. The molecule has 14 aromatic rings. The Bertz CT molecular complexity index is 4530. The molecule has 6 nitrogen and oxygen atoms in total. The first kappa shape index (κ1) is 41.9. The van der Waals surface area contributed by atoms with Crippen molar-refractivity contribution < 1.29 is 4.42 Å². The molecule has 0 saturated heterocycles. The smallest absolute Gasteiger partial charge is 0.147 e. The average Bonchev–Trinajstić information content (AvgIpc) is 4.14. The van der Waals surface area contributed by atoms with Crippen LogP contribution in [-0.4, -0.2) is 24.1 Å². The molecule has 0 radical (unpaired) electrons. The lowest BCUT2D eigenvalue weighted by atomic mass is 9.91. The molecule has 1 N–H and O–H groups in total. The summed E-state index contributed by atoms with van der Waals surface area (Å²) in [5.74, 6) is 1.71. The zero-order valence-corrected chi connectivity index (χ0v) is 41.0. The number of aromatic nitrogens is 5. The molecule has 0 bridgehead atoms. The van der Waals surface area contributed by atoms with Gasteiger partial charge in [0.05, 0.1) is 27.6 Å². The molecule has 0 aliphatic carbocycles. The maximum atomic E-state index is 6.59. The molecule has 14 rings (SSSR count). The number of hydrogen-bond donors (Lipinski definition) is 1. The molecule has 0 aliphatic heterocycles. The zero-order valence-electron chi connectivity index (χ0n) is 41.0. The predicted molar refractivity (Wildman–Crippen MR) is 300 cm³/mol. The fourth-order valence-electron chi connectivity index (χ4n) is 12.2. The van der Waals surface area contributed by atoms with Crippen LogP contribution >= 0.6 is 0 Å². The van der Waals surface area contributed by atoms with E-state index in [1.54, 1.807) is 0 Å². The number of fused-ring (bicyclic) bond motifs is 10. The second-order valence-electron chi connectivity index (χ2n) is 19.9. The molecule has 0 spiro atoms. The van der Waals surface area contributed by atoms with Gasteiger partial charge in [-0.2, -0.15) is 0 Å². The van der Waals surface area contributed by atoms with Crippen molar-refractivity contribution >= 4 is 76.6 Å². The van der Waals surface area contributed by atoms with Crippen LogP contribution in [0.2, 0.25) is 0 Å². The van der Waals surface area contributed by atoms with Gasteiger partial charge in [0.25, 0.3) is 0 Å². The van der Waals surface area contributed by atoms with E-state index in [9.17, 15) is 0 Å². The van der Waals surface area contributed by atoms with E-state index in [4.69, 9.17) is 14.4 Å². The number of furan rings is 1. The maximum absolute atomic E-state index is 6.59. The van der Waals surface area contributed by atoms with E-state index in [0.29, 0.717) is 0 Å². The quantitative estimate of drug-likeness (QED) is 0.181. The van der Waals surface area contributed by atoms with Crippen LogP contribution in [0.15, 0.2) is 187 Å². The molecule has 344 valence electrons. The van der Waals surface area contributed by atoms with Crippen molar-refractivity contribution in [3.63, 3.8) is 0 Å². The van der Waals surface area contributed by atoms with Crippen molar-refractivity contribution in [3.8, 4) is 56.3 Å². The largest absolute Gasteiger partial charge is 0.456 e. The molecule has 0 unspecified atom stereocenters. The number of imidazole rings is 1. The number of nitrogens with zero attached hydrogens (tertiary/aromatic N) is 4. The normalized spacial score (nSPS) is 12.0. The van der Waals surface area contributed by atoms with Gasteiger partial charge in [0.1, 0.15) is 22.8 Å². The van der Waals surface area contributed by atoms with Gasteiger partial charge < -0.3 is 9.40 Å². The van der Waals surface area contributed by atoms with E-state index in [-0.39, 0.29) is 0 Å². The SMILES string of the molecule is Cc1cc(C)c(-c2ccnc(-n3c4cc(-c5cc(-c6c(C)cc(C)cc6C)cc6c5nc(-c5cccc7c5[nH]c5ccccc57)n6-c5ccccc5)ccc4c4cc5c(cc43)oc3ccccc35)c2)c(C)c1. The van der Waals surface area contributed by atoms with Crippen molar-refractivity contribution in [1.29, 1.82) is 0 Å². The Balaban J connectivity index is 1.09. The summed E-state index contributed by atoms with van der Waals surface area (Å²) in [4.78, 5) is 14.8. The van der Waals surface area contributed by atoms with Crippen LogP contribution in [0.3, 0.4) is 0 Å². The van der Waals surface area contributed by atoms with E-state index in [2.05, 4.69) is 226 Å². The molecular formula is C66H49N5O. The lowest BCUT2D eigenvalue weighted by Crippen LogP contribution is -1.99. The number of H-pyrrole nitrogens is 1. The Morgan fingerprint density at radius 3 is 1.88 bits per heavy atom. The van der Waals surface area contributed by atoms with E-state index >= 15 is 0 Å². The Kier molecular flexibility index (Phi) is 9.18. The van der Waals surface area contributed by atoms with Crippen LogP contribution in [0.4, 0.5) is 0 Å². The predicted octanol–water partition coefficient (Wildman–Crippen LogP) is 17.6. The Morgan fingerprint density at radius 1 is 0.431 bits per heavy atom. The molecule has 0 saturated carbocycles. The highest BCUT2D eigenvalue weighted by atomic mass is 16.3. The summed E-state index contributed by atoms with van der Waals surface area (Å²) < 4.78 is 11.3. The first-order valence-electron chi connectivity index (χ1n) is 24.8. The van der Waals surface area contributed by atoms with Crippen LogP contribution in [0.1, 0.15) is 33.4 Å². The van der Waals surface area contributed by atoms with Gasteiger partial charge in [0.15, 0.2) is 0 Å². The molecule has 0 fully saturated rings. The monoisotopic (exact) mass is 927 g/mol. The van der Waals surface area contributed by atoms with Crippen LogP contribution in [0.5, 0.6) is 0 Å². The van der Waals surface area contributed by atoms with Gasteiger partial charge in [0.2, 0.25) is 0 Å². The maximum Gasteiger partial charge on any atom is 0.147 e. The average molecular weight is 928 g/mol. The summed E-state index contributed by atoms with van der Waals surface area (Å²) in [6.07, 6.45) is 1.95. The molecule has 0 aliphatic rings. The number of nitrogens with one attached hydrogen (secondary N) is 1. The molecular weight excluding hydrogens is 879 g/mol. The van der Waals surface area contributed by atoms with Crippen molar-refractivity contribution in [3.05, 3.63) is 216 Å². The van der Waals surface area contributed by atoms with E-state index in [1.165, 1.54) is 55.3 Å². The summed E-state index contributed by atoms with van der Waals surface area (Å²) in [7, 11) is 0. The van der Waals surface area contributed by atoms with Crippen molar-refractivity contribution in [2.75, 3.05) is 0 Å². The van der Waals surface area contributed by atoms with Gasteiger partial charge in [-0.3, -0.25) is 9.13 Å². The fraction of sp³-hybridized carbons (Fsp3) is 0.0909. The third-order valence-electron chi connectivity index (χ3n) is 15.0. The second-order valence-corrected chi connectivity index (χ2v) is 19.9. The number of aryl methyl sites for hydroxylation is 6. The summed E-state index contributed by atoms with van der Waals surface area (Å²) in [5.41, 5.74) is 24.3. The van der Waals surface area contributed by atoms with Gasteiger partial charge in [-0.15, -0.1) is 0 Å². The third kappa shape index (κ3) is 6.35. The van der Waals surface area contributed by atoms with E-state index in [1.807, 2.05) is 12.3 Å². The third-order valence-corrected chi connectivity index (χ3v) is 15.0. The minimum atomic E-state index is 0.839. The highest BCUT2D eigenvalue weighted by molar-refractivity contribution is 6.18. The minimum absolute atomic E-state index is 0.839. The molecule has 72 heavy (non-hydrogen) atoms. The topological polar surface area (TPSA) is 64.6 Å². The molecule has 0 atom stereocenters. The fourth-order valence-corrected chi connectivity index (χ4v) is 12.2. The van der Waals surface area contributed by atoms with Gasteiger partial charge in [-0.1, -0.05) is 114 Å². The van der Waals surface area contributed by atoms with Crippen LogP contribution < -0.4 is 0 Å². The lowest BCUT2D eigenvalue weighted by Gasteiger charge is -2.16. The van der Waals surface area contributed by atoms with Gasteiger partial charge >= 0.3 is 0 Å². The number of pyridine rings is 1. The van der Waals surface area contributed by atoms with Crippen LogP contribution in [0, 0.1) is 41.5 Å². The molecule has 9 aromatic carbocycles. The van der Waals surface area contributed by atoms with Crippen LogP contribution in [0.25, 0.3) is 133 Å². The highest BCUT2D eigenvalue weighted by Gasteiger charge is 2.25. The first-order chi connectivity index (χ1) is 35.1. The van der Waals surface area contributed by atoms with Crippen molar-refractivity contribution in [2.45, 2.75) is 41.5 Å². The van der Waals surface area contributed by atoms with Crippen molar-refractivity contribution in [1.82, 2.24) is 24.1 Å². The van der Waals surface area contributed by atoms with Gasteiger partial charge in [-0.25, -0.2) is 9.97 Å². The summed E-state index contributed by atoms with van der Waals surface area (Å²) in [6.45, 7) is 13.2. The Morgan fingerprint density at radius 2 is 1.10 bits per heavy atom. The summed E-state index contributed by atoms with van der Waals surface area (Å²) in [6, 6.07) is 63.9. The molecule has 5 heterocycles. The molecule has 0 amide bonds. The zero-order chi connectivity index (χ0) is 48.5. The number of aromatic amines is 1. The number of para-hydroxylation sites is 4. The second kappa shape index (κ2) is 15.8. The number of benzene rings is 9. The number of hydrogen-bond acceptors (Lipinski definition) is 3. The van der Waals surface area contributed by atoms with Gasteiger partial charge in [0, 0.05) is 66.9 Å².